The number of nitrogens with one attached hydrogen (secondary N) is 1. The van der Waals surface area contributed by atoms with Crippen molar-refractivity contribution in [2.45, 2.75) is 71.9 Å². The lowest BCUT2D eigenvalue weighted by Crippen LogP contribution is -2.48. The summed E-state index contributed by atoms with van der Waals surface area (Å²) in [6.07, 6.45) is 4.66. The first-order chi connectivity index (χ1) is 24.8. The zero-order chi connectivity index (χ0) is 35.9. The molecule has 264 valence electrons. The number of unbranched alkanes of at least 4 members (excludes halogenated alkanes) is 2. The van der Waals surface area contributed by atoms with Crippen LogP contribution in [0.15, 0.2) is 91.0 Å². The topological polar surface area (TPSA) is 114 Å². The lowest BCUT2D eigenvalue weighted by molar-refractivity contribution is -0.115. The van der Waals surface area contributed by atoms with Gasteiger partial charge in [0.2, 0.25) is 5.91 Å². The van der Waals surface area contributed by atoms with Crippen LogP contribution in [0.5, 0.6) is 0 Å². The Morgan fingerprint density at radius 2 is 1.57 bits per heavy atom. The highest BCUT2D eigenvalue weighted by Crippen LogP contribution is 2.29. The third kappa shape index (κ3) is 8.05. The maximum atomic E-state index is 14.7. The van der Waals surface area contributed by atoms with Gasteiger partial charge in [-0.1, -0.05) is 93.4 Å². The van der Waals surface area contributed by atoms with Gasteiger partial charge < -0.3 is 20.9 Å². The smallest absolute Gasteiger partial charge is 0.274 e. The van der Waals surface area contributed by atoms with Crippen molar-refractivity contribution in [2.24, 2.45) is 5.73 Å². The van der Waals surface area contributed by atoms with Crippen LogP contribution in [0.2, 0.25) is 0 Å². The summed E-state index contributed by atoms with van der Waals surface area (Å²) >= 11 is 0. The average Bonchev–Trinajstić information content (AvgIpc) is 3.54. The first-order valence-electron chi connectivity index (χ1n) is 18.1. The van der Waals surface area contributed by atoms with E-state index in [1.165, 1.54) is 5.56 Å². The minimum atomic E-state index is -0.212. The summed E-state index contributed by atoms with van der Waals surface area (Å²) in [7, 11) is 0. The van der Waals surface area contributed by atoms with Gasteiger partial charge in [-0.05, 0) is 77.9 Å². The largest absolute Gasteiger partial charge is 0.337 e. The Morgan fingerprint density at radius 1 is 0.863 bits per heavy atom. The van der Waals surface area contributed by atoms with Crippen molar-refractivity contribution in [3.8, 4) is 5.69 Å². The van der Waals surface area contributed by atoms with Gasteiger partial charge in [-0.3, -0.25) is 14.4 Å². The summed E-state index contributed by atoms with van der Waals surface area (Å²) in [5.74, 6) is -0.513. The third-order valence-corrected chi connectivity index (χ3v) is 9.76. The molecule has 4 aromatic carbocycles. The number of nitrogens with two attached hydrogens (primary N) is 1. The number of hydrogen-bond acceptors (Lipinski definition) is 5. The molecule has 2 heterocycles. The molecule has 0 fully saturated rings. The van der Waals surface area contributed by atoms with Crippen LogP contribution in [0.1, 0.15) is 82.8 Å². The second-order valence-electron chi connectivity index (χ2n) is 13.5. The number of amides is 3. The lowest BCUT2D eigenvalue weighted by atomic mass is 9.93. The van der Waals surface area contributed by atoms with Crippen LogP contribution < -0.4 is 11.1 Å². The van der Waals surface area contributed by atoms with Crippen molar-refractivity contribution in [1.82, 2.24) is 19.6 Å². The third-order valence-electron chi connectivity index (χ3n) is 9.76. The van der Waals surface area contributed by atoms with Crippen LogP contribution in [-0.2, 0) is 24.2 Å². The molecule has 1 aliphatic heterocycles. The second kappa shape index (κ2) is 16.2. The Hall–Kier alpha value is -5.28. The fourth-order valence-corrected chi connectivity index (χ4v) is 6.90. The molecule has 6 rings (SSSR count). The SMILES string of the molecule is CCCCN(CCCC)C(=O)c1cc(C)n(-c2ccc(NC(=O)Cc3ccc4ccccc4c3)cc2C(=O)N2Cc3ccccc3C[C@H]2CN)n1. The molecule has 3 N–H and O–H groups in total. The molecule has 9 heteroatoms. The van der Waals surface area contributed by atoms with Crippen molar-refractivity contribution in [2.75, 3.05) is 25.0 Å². The molecule has 0 bridgehead atoms. The minimum absolute atomic E-state index is 0.111. The summed E-state index contributed by atoms with van der Waals surface area (Å²) in [5, 5.41) is 10.0. The maximum Gasteiger partial charge on any atom is 0.274 e. The van der Waals surface area contributed by atoms with E-state index in [2.05, 4.69) is 25.2 Å². The molecule has 5 aromatic rings. The van der Waals surface area contributed by atoms with Crippen molar-refractivity contribution >= 4 is 34.2 Å². The molecule has 0 aliphatic carbocycles. The van der Waals surface area contributed by atoms with E-state index in [1.807, 2.05) is 77.4 Å². The van der Waals surface area contributed by atoms with E-state index in [-0.39, 0.29) is 30.2 Å². The van der Waals surface area contributed by atoms with Crippen LogP contribution in [0.25, 0.3) is 16.5 Å². The minimum Gasteiger partial charge on any atom is -0.337 e. The highest BCUT2D eigenvalue weighted by atomic mass is 16.2. The zero-order valence-electron chi connectivity index (χ0n) is 29.9. The molecule has 0 saturated heterocycles. The van der Waals surface area contributed by atoms with Crippen molar-refractivity contribution in [1.29, 1.82) is 0 Å². The van der Waals surface area contributed by atoms with Gasteiger partial charge >= 0.3 is 0 Å². The Balaban J connectivity index is 1.34. The number of anilines is 1. The summed E-state index contributed by atoms with van der Waals surface area (Å²) < 4.78 is 1.67. The Bertz CT molecular complexity index is 2030. The van der Waals surface area contributed by atoms with Crippen molar-refractivity contribution < 1.29 is 14.4 Å². The molecule has 0 saturated carbocycles. The normalized spacial score (nSPS) is 14.0. The number of aryl methyl sites for hydroxylation is 1. The highest BCUT2D eigenvalue weighted by molar-refractivity contribution is 6.01. The van der Waals surface area contributed by atoms with E-state index >= 15 is 0 Å². The van der Waals surface area contributed by atoms with Gasteiger partial charge in [0.05, 0.1) is 17.7 Å². The van der Waals surface area contributed by atoms with Crippen LogP contribution in [0.3, 0.4) is 0 Å². The molecule has 0 spiro atoms. The molecule has 1 aromatic heterocycles. The molecule has 3 amide bonds. The number of carbonyl (C=O) groups excluding carboxylic acids is 3. The monoisotopic (exact) mass is 684 g/mol. The average molecular weight is 685 g/mol. The highest BCUT2D eigenvalue weighted by Gasteiger charge is 2.32. The number of fused-ring (bicyclic) bond motifs is 2. The van der Waals surface area contributed by atoms with Crippen LogP contribution in [0, 0.1) is 6.92 Å². The molecular weight excluding hydrogens is 637 g/mol. The first-order valence-corrected chi connectivity index (χ1v) is 18.1. The Labute approximate surface area is 300 Å². The first kappa shape index (κ1) is 35.5. The fourth-order valence-electron chi connectivity index (χ4n) is 6.90. The Kier molecular flexibility index (Phi) is 11.3. The van der Waals surface area contributed by atoms with Gasteiger partial charge in [-0.15, -0.1) is 0 Å². The number of aromatic nitrogens is 2. The second-order valence-corrected chi connectivity index (χ2v) is 13.5. The van der Waals surface area contributed by atoms with Gasteiger partial charge in [-0.2, -0.15) is 5.10 Å². The van der Waals surface area contributed by atoms with E-state index in [4.69, 9.17) is 10.8 Å². The van der Waals surface area contributed by atoms with Gasteiger partial charge in [-0.25, -0.2) is 4.68 Å². The quantitative estimate of drug-likeness (QED) is 0.138. The van der Waals surface area contributed by atoms with Crippen molar-refractivity contribution in [3.05, 3.63) is 125 Å². The maximum absolute atomic E-state index is 14.7. The predicted molar refractivity (Wildman–Crippen MR) is 203 cm³/mol. The standard InChI is InChI=1S/C42H48N6O3/c1-4-6-20-46(21-7-5-2)42(51)38-22-29(3)48(45-38)39-19-18-35(44-40(49)24-30-16-17-31-12-8-9-13-32(31)23-30)26-37(39)41(50)47-28-34-15-11-10-14-33(34)25-36(47)27-43/h8-19,22-23,26,36H,4-7,20-21,24-25,27-28,43H2,1-3H3,(H,44,49)/t36-/m0/s1. The molecule has 1 aliphatic rings. The Morgan fingerprint density at radius 3 is 2.29 bits per heavy atom. The fraction of sp³-hybridized carbons (Fsp3) is 0.333. The number of benzene rings is 4. The summed E-state index contributed by atoms with van der Waals surface area (Å²) in [4.78, 5) is 45.5. The predicted octanol–water partition coefficient (Wildman–Crippen LogP) is 7.08. The summed E-state index contributed by atoms with van der Waals surface area (Å²) in [5.41, 5.74) is 11.9. The van der Waals surface area contributed by atoms with Gasteiger partial charge in [0.1, 0.15) is 0 Å². The van der Waals surface area contributed by atoms with Crippen LogP contribution >= 0.6 is 0 Å². The molecule has 51 heavy (non-hydrogen) atoms. The molecular formula is C42H48N6O3. The molecule has 0 unspecified atom stereocenters. The van der Waals surface area contributed by atoms with Gasteiger partial charge in [0.15, 0.2) is 5.69 Å². The number of carbonyl (C=O) groups is 3. The number of rotatable bonds is 13. The van der Waals surface area contributed by atoms with E-state index in [0.29, 0.717) is 55.2 Å². The molecule has 0 radical (unpaired) electrons. The van der Waals surface area contributed by atoms with E-state index in [0.717, 1.165) is 53.3 Å². The van der Waals surface area contributed by atoms with E-state index < -0.39 is 0 Å². The van der Waals surface area contributed by atoms with Crippen LogP contribution in [0.4, 0.5) is 5.69 Å². The van der Waals surface area contributed by atoms with Crippen molar-refractivity contribution in [3.63, 3.8) is 0 Å². The lowest BCUT2D eigenvalue weighted by Gasteiger charge is -2.37. The van der Waals surface area contributed by atoms with Crippen LogP contribution in [-0.4, -0.2) is 63.0 Å². The van der Waals surface area contributed by atoms with Gasteiger partial charge in [0, 0.05) is 43.6 Å². The number of hydrogen-bond donors (Lipinski definition) is 2. The number of nitrogens with zero attached hydrogens (tertiary/aromatic N) is 4. The summed E-state index contributed by atoms with van der Waals surface area (Å²) in [6, 6.07) is 29.1. The summed E-state index contributed by atoms with van der Waals surface area (Å²) in [6.45, 7) is 8.20. The molecule has 1 atom stereocenters. The zero-order valence-corrected chi connectivity index (χ0v) is 29.9. The van der Waals surface area contributed by atoms with E-state index in [9.17, 15) is 14.4 Å². The van der Waals surface area contributed by atoms with Gasteiger partial charge in [0.25, 0.3) is 11.8 Å². The molecule has 9 nitrogen and oxygen atoms in total. The van der Waals surface area contributed by atoms with E-state index in [1.54, 1.807) is 28.9 Å².